The van der Waals surface area contributed by atoms with Crippen molar-refractivity contribution in [2.45, 2.75) is 38.3 Å². The van der Waals surface area contributed by atoms with Crippen molar-refractivity contribution in [3.8, 4) is 11.4 Å². The van der Waals surface area contributed by atoms with Gasteiger partial charge in [-0.05, 0) is 17.9 Å². The molecule has 5 heteroatoms. The van der Waals surface area contributed by atoms with Crippen molar-refractivity contribution in [3.05, 3.63) is 35.7 Å². The average molecular weight is 273 g/mol. The van der Waals surface area contributed by atoms with Crippen molar-refractivity contribution in [1.29, 1.82) is 0 Å². The SMILES string of the molecule is CC(C)c1ccc(-c2noc([C@H]3C[C@@H](O)CN3)n2)cc1. The Morgan fingerprint density at radius 2 is 2.05 bits per heavy atom. The van der Waals surface area contributed by atoms with E-state index in [9.17, 15) is 5.11 Å². The van der Waals surface area contributed by atoms with Crippen LogP contribution in [0, 0.1) is 0 Å². The first-order chi connectivity index (χ1) is 9.63. The molecular weight excluding hydrogens is 254 g/mol. The topological polar surface area (TPSA) is 71.2 Å². The van der Waals surface area contributed by atoms with Gasteiger partial charge in [-0.3, -0.25) is 0 Å². The van der Waals surface area contributed by atoms with Gasteiger partial charge in [0.2, 0.25) is 11.7 Å². The summed E-state index contributed by atoms with van der Waals surface area (Å²) < 4.78 is 5.29. The van der Waals surface area contributed by atoms with Gasteiger partial charge in [-0.15, -0.1) is 0 Å². The summed E-state index contributed by atoms with van der Waals surface area (Å²) in [5, 5.41) is 16.7. The third-order valence-corrected chi connectivity index (χ3v) is 3.68. The Balaban J connectivity index is 1.79. The number of benzene rings is 1. The fraction of sp³-hybridized carbons (Fsp3) is 0.467. The molecule has 3 rings (SSSR count). The zero-order valence-corrected chi connectivity index (χ0v) is 11.7. The van der Waals surface area contributed by atoms with Crippen LogP contribution >= 0.6 is 0 Å². The average Bonchev–Trinajstić information content (AvgIpc) is 3.07. The van der Waals surface area contributed by atoms with Crippen LogP contribution in [0.15, 0.2) is 28.8 Å². The van der Waals surface area contributed by atoms with Gasteiger partial charge >= 0.3 is 0 Å². The molecule has 2 aromatic rings. The summed E-state index contributed by atoms with van der Waals surface area (Å²) in [5.41, 5.74) is 2.24. The number of hydrogen-bond acceptors (Lipinski definition) is 5. The van der Waals surface area contributed by atoms with Gasteiger partial charge in [0.15, 0.2) is 0 Å². The number of hydrogen-bond donors (Lipinski definition) is 2. The molecule has 0 aliphatic carbocycles. The van der Waals surface area contributed by atoms with Gasteiger partial charge in [-0.2, -0.15) is 4.98 Å². The van der Waals surface area contributed by atoms with E-state index in [0.29, 0.717) is 30.6 Å². The molecule has 0 radical (unpaired) electrons. The Hall–Kier alpha value is -1.72. The summed E-state index contributed by atoms with van der Waals surface area (Å²) in [6.07, 6.45) is 0.286. The third kappa shape index (κ3) is 2.59. The smallest absolute Gasteiger partial charge is 0.244 e. The molecule has 1 aliphatic rings. The molecule has 0 spiro atoms. The fourth-order valence-corrected chi connectivity index (χ4v) is 2.42. The summed E-state index contributed by atoms with van der Waals surface area (Å²) in [5.74, 6) is 1.65. The molecule has 0 unspecified atom stereocenters. The monoisotopic (exact) mass is 273 g/mol. The second kappa shape index (κ2) is 5.34. The van der Waals surface area contributed by atoms with Crippen LogP contribution in [0.25, 0.3) is 11.4 Å². The van der Waals surface area contributed by atoms with E-state index in [-0.39, 0.29) is 12.1 Å². The second-order valence-electron chi connectivity index (χ2n) is 5.58. The van der Waals surface area contributed by atoms with E-state index in [1.54, 1.807) is 0 Å². The van der Waals surface area contributed by atoms with E-state index in [0.717, 1.165) is 5.56 Å². The molecule has 20 heavy (non-hydrogen) atoms. The maximum absolute atomic E-state index is 9.51. The van der Waals surface area contributed by atoms with Gasteiger partial charge in [0.05, 0.1) is 12.1 Å². The highest BCUT2D eigenvalue weighted by Gasteiger charge is 2.28. The number of β-amino-alcohol motifs (C(OH)–C–C–N with tert-alkyl or cyclic N) is 1. The predicted octanol–water partition coefficient (Wildman–Crippen LogP) is 2.26. The third-order valence-electron chi connectivity index (χ3n) is 3.68. The van der Waals surface area contributed by atoms with Crippen molar-refractivity contribution >= 4 is 0 Å². The number of aromatic nitrogens is 2. The van der Waals surface area contributed by atoms with E-state index >= 15 is 0 Å². The van der Waals surface area contributed by atoms with Gasteiger partial charge in [0.25, 0.3) is 0 Å². The Bertz CT molecular complexity index is 577. The molecule has 106 valence electrons. The van der Waals surface area contributed by atoms with Crippen LogP contribution in [0.4, 0.5) is 0 Å². The molecule has 1 saturated heterocycles. The Morgan fingerprint density at radius 3 is 2.65 bits per heavy atom. The van der Waals surface area contributed by atoms with Crippen LogP contribution in [0.2, 0.25) is 0 Å². The summed E-state index contributed by atoms with van der Waals surface area (Å²) >= 11 is 0. The van der Waals surface area contributed by atoms with Gasteiger partial charge in [0.1, 0.15) is 0 Å². The highest BCUT2D eigenvalue weighted by atomic mass is 16.5. The Kier molecular flexibility index (Phi) is 3.54. The van der Waals surface area contributed by atoms with E-state index in [1.165, 1.54) is 5.56 Å². The van der Waals surface area contributed by atoms with Crippen LogP contribution < -0.4 is 5.32 Å². The van der Waals surface area contributed by atoms with Gasteiger partial charge in [-0.25, -0.2) is 0 Å². The second-order valence-corrected chi connectivity index (χ2v) is 5.58. The van der Waals surface area contributed by atoms with Crippen molar-refractivity contribution in [3.63, 3.8) is 0 Å². The molecule has 0 amide bonds. The molecule has 0 bridgehead atoms. The van der Waals surface area contributed by atoms with Crippen LogP contribution in [-0.2, 0) is 0 Å². The first-order valence-corrected chi connectivity index (χ1v) is 6.99. The lowest BCUT2D eigenvalue weighted by molar-refractivity contribution is 0.191. The first kappa shape index (κ1) is 13.3. The van der Waals surface area contributed by atoms with E-state index in [4.69, 9.17) is 4.52 Å². The van der Waals surface area contributed by atoms with E-state index in [2.05, 4.69) is 41.4 Å². The summed E-state index contributed by atoms with van der Waals surface area (Å²) in [6.45, 7) is 4.91. The lowest BCUT2D eigenvalue weighted by Gasteiger charge is -2.04. The van der Waals surface area contributed by atoms with Crippen molar-refractivity contribution in [1.82, 2.24) is 15.5 Å². The van der Waals surface area contributed by atoms with E-state index in [1.807, 2.05) is 12.1 Å². The summed E-state index contributed by atoms with van der Waals surface area (Å²) in [7, 11) is 0. The Morgan fingerprint density at radius 1 is 1.30 bits per heavy atom. The van der Waals surface area contributed by atoms with Crippen molar-refractivity contribution < 1.29 is 9.63 Å². The molecule has 1 aromatic heterocycles. The normalized spacial score (nSPS) is 22.6. The lowest BCUT2D eigenvalue weighted by Crippen LogP contribution is -2.15. The summed E-state index contributed by atoms with van der Waals surface area (Å²) in [4.78, 5) is 4.42. The quantitative estimate of drug-likeness (QED) is 0.897. The van der Waals surface area contributed by atoms with Crippen molar-refractivity contribution in [2.75, 3.05) is 6.54 Å². The molecule has 1 fully saturated rings. The number of rotatable bonds is 3. The molecule has 5 nitrogen and oxygen atoms in total. The number of nitrogens with one attached hydrogen (secondary N) is 1. The van der Waals surface area contributed by atoms with Crippen LogP contribution in [0.5, 0.6) is 0 Å². The first-order valence-electron chi connectivity index (χ1n) is 6.99. The van der Waals surface area contributed by atoms with Crippen LogP contribution in [0.1, 0.15) is 43.7 Å². The summed E-state index contributed by atoms with van der Waals surface area (Å²) in [6, 6.07) is 8.17. The number of aliphatic hydroxyl groups excluding tert-OH is 1. The van der Waals surface area contributed by atoms with Crippen molar-refractivity contribution in [2.24, 2.45) is 0 Å². The zero-order chi connectivity index (χ0) is 14.1. The number of nitrogens with zero attached hydrogens (tertiary/aromatic N) is 2. The van der Waals surface area contributed by atoms with E-state index < -0.39 is 0 Å². The molecule has 2 atom stereocenters. The van der Waals surface area contributed by atoms with Crippen LogP contribution in [0.3, 0.4) is 0 Å². The largest absolute Gasteiger partial charge is 0.392 e. The maximum Gasteiger partial charge on any atom is 0.244 e. The fourth-order valence-electron chi connectivity index (χ4n) is 2.42. The molecule has 1 aliphatic heterocycles. The minimum absolute atomic E-state index is 0.0406. The zero-order valence-electron chi connectivity index (χ0n) is 11.7. The standard InChI is InChI=1S/C15H19N3O2/c1-9(2)10-3-5-11(6-4-10)14-17-15(20-18-14)13-7-12(19)8-16-13/h3-6,9,12-13,16,19H,7-8H2,1-2H3/t12-,13-/m1/s1. The van der Waals surface area contributed by atoms with Gasteiger partial charge in [0, 0.05) is 12.1 Å². The molecule has 1 aromatic carbocycles. The van der Waals surface area contributed by atoms with Gasteiger partial charge < -0.3 is 14.9 Å². The number of aliphatic hydroxyl groups is 1. The molecule has 2 heterocycles. The Labute approximate surface area is 118 Å². The predicted molar refractivity (Wildman–Crippen MR) is 75.2 cm³/mol. The molecule has 0 saturated carbocycles. The minimum atomic E-state index is -0.333. The van der Waals surface area contributed by atoms with Gasteiger partial charge in [-0.1, -0.05) is 43.3 Å². The highest BCUT2D eigenvalue weighted by molar-refractivity contribution is 5.54. The molecule has 2 N–H and O–H groups in total. The van der Waals surface area contributed by atoms with Crippen LogP contribution in [-0.4, -0.2) is 27.9 Å². The maximum atomic E-state index is 9.51. The molecular formula is C15H19N3O2. The lowest BCUT2D eigenvalue weighted by atomic mass is 10.0. The highest BCUT2D eigenvalue weighted by Crippen LogP contribution is 2.25. The minimum Gasteiger partial charge on any atom is -0.392 e.